The number of piperidine rings is 1. The van der Waals surface area contributed by atoms with Crippen molar-refractivity contribution in [2.45, 2.75) is 25.3 Å². The first-order valence-electron chi connectivity index (χ1n) is 11.8. The number of carbonyl (C=O) groups excluding carboxylic acids is 2. The zero-order valence-corrected chi connectivity index (χ0v) is 19.4. The van der Waals surface area contributed by atoms with Crippen LogP contribution in [-0.4, -0.2) is 58.2 Å². The second-order valence-corrected chi connectivity index (χ2v) is 9.03. The normalized spacial score (nSPS) is 19.0. The van der Waals surface area contributed by atoms with Gasteiger partial charge >= 0.3 is 0 Å². The number of carbonyl (C=O) groups is 2. The first-order chi connectivity index (χ1) is 17.0. The van der Waals surface area contributed by atoms with E-state index in [9.17, 15) is 14.7 Å². The van der Waals surface area contributed by atoms with Crippen molar-refractivity contribution >= 4 is 23.3 Å². The maximum Gasteiger partial charge on any atom is 0.234 e. The molecule has 9 nitrogen and oxygen atoms in total. The summed E-state index contributed by atoms with van der Waals surface area (Å²) in [5.41, 5.74) is 10.3. The Morgan fingerprint density at radius 3 is 2.57 bits per heavy atom. The van der Waals surface area contributed by atoms with E-state index >= 15 is 0 Å². The smallest absolute Gasteiger partial charge is 0.234 e. The Morgan fingerprint density at radius 2 is 1.80 bits per heavy atom. The van der Waals surface area contributed by atoms with Gasteiger partial charge in [0.05, 0.1) is 17.3 Å². The first-order valence-corrected chi connectivity index (χ1v) is 11.8. The van der Waals surface area contributed by atoms with E-state index in [1.54, 1.807) is 18.2 Å². The third-order valence-electron chi connectivity index (χ3n) is 6.69. The number of aromatic nitrogens is 2. The summed E-state index contributed by atoms with van der Waals surface area (Å²) in [6.45, 7) is 4.03. The van der Waals surface area contributed by atoms with Crippen LogP contribution < -0.4 is 16.0 Å². The van der Waals surface area contributed by atoms with Crippen LogP contribution >= 0.6 is 0 Å². The number of nitrogens with two attached hydrogens (primary N) is 1. The fourth-order valence-electron chi connectivity index (χ4n) is 4.79. The maximum atomic E-state index is 12.3. The summed E-state index contributed by atoms with van der Waals surface area (Å²) < 4.78 is 0. The van der Waals surface area contributed by atoms with Crippen LogP contribution in [0.5, 0.6) is 5.75 Å². The highest BCUT2D eigenvalue weighted by Crippen LogP contribution is 2.32. The molecule has 5 rings (SSSR count). The molecule has 1 atom stereocenters. The quantitative estimate of drug-likeness (QED) is 0.483. The highest BCUT2D eigenvalue weighted by atomic mass is 16.3. The topological polar surface area (TPSA) is 125 Å². The molecule has 2 fully saturated rings. The molecule has 0 aliphatic carbocycles. The summed E-state index contributed by atoms with van der Waals surface area (Å²) in [4.78, 5) is 28.3. The number of nitrogen functional groups attached to an aromatic ring is 1. The number of benzene rings is 2. The van der Waals surface area contributed by atoms with Gasteiger partial charge in [0.2, 0.25) is 11.8 Å². The maximum absolute atomic E-state index is 12.3. The molecule has 2 aliphatic rings. The Labute approximate surface area is 203 Å². The SMILES string of the molecule is Nc1nnc(-c2ccccc2O)cc1N1CCN(Cc2cccc(C3CCC(=O)NC3=O)c2)CC1. The van der Waals surface area contributed by atoms with Crippen molar-refractivity contribution in [2.24, 2.45) is 0 Å². The van der Waals surface area contributed by atoms with E-state index in [0.29, 0.717) is 29.9 Å². The standard InChI is InChI=1S/C26H28N6O3/c27-25-22(15-21(29-30-25)20-6-1-2-7-23(20)33)32-12-10-31(11-13-32)16-17-4-3-5-18(14-17)19-8-9-24(34)28-26(19)35/h1-7,14-15,19,33H,8-13,16H2,(H2,27,30)(H,28,34,35). The average Bonchev–Trinajstić information content (AvgIpc) is 2.86. The molecule has 0 spiro atoms. The predicted octanol–water partition coefficient (Wildman–Crippen LogP) is 2.27. The van der Waals surface area contributed by atoms with E-state index in [-0.39, 0.29) is 23.5 Å². The molecule has 180 valence electrons. The van der Waals surface area contributed by atoms with E-state index in [1.807, 2.05) is 24.3 Å². The van der Waals surface area contributed by atoms with Crippen LogP contribution in [0.25, 0.3) is 11.3 Å². The summed E-state index contributed by atoms with van der Waals surface area (Å²) in [5.74, 6) is -0.155. The van der Waals surface area contributed by atoms with Gasteiger partial charge in [0.25, 0.3) is 0 Å². The van der Waals surface area contributed by atoms with Gasteiger partial charge < -0.3 is 15.7 Å². The first kappa shape index (κ1) is 22.8. The van der Waals surface area contributed by atoms with Gasteiger partial charge in [-0.2, -0.15) is 0 Å². The van der Waals surface area contributed by atoms with Crippen molar-refractivity contribution in [3.05, 3.63) is 65.7 Å². The fraction of sp³-hybridized carbons (Fsp3) is 0.308. The van der Waals surface area contributed by atoms with Crippen molar-refractivity contribution in [3.8, 4) is 17.0 Å². The Kier molecular flexibility index (Phi) is 6.33. The number of rotatable bonds is 5. The number of piperazine rings is 1. The van der Waals surface area contributed by atoms with Crippen molar-refractivity contribution < 1.29 is 14.7 Å². The number of para-hydroxylation sites is 1. The van der Waals surface area contributed by atoms with Gasteiger partial charge in [-0.1, -0.05) is 36.4 Å². The molecule has 1 unspecified atom stereocenters. The summed E-state index contributed by atoms with van der Waals surface area (Å²) in [5, 5.41) is 20.9. The number of amides is 2. The number of nitrogens with one attached hydrogen (secondary N) is 1. The Morgan fingerprint density at radius 1 is 1.00 bits per heavy atom. The summed E-state index contributed by atoms with van der Waals surface area (Å²) >= 11 is 0. The lowest BCUT2D eigenvalue weighted by Gasteiger charge is -2.36. The van der Waals surface area contributed by atoms with Gasteiger partial charge in [-0.05, 0) is 35.7 Å². The highest BCUT2D eigenvalue weighted by Gasteiger charge is 2.28. The Balaban J connectivity index is 1.24. The monoisotopic (exact) mass is 472 g/mol. The van der Waals surface area contributed by atoms with Crippen LogP contribution in [0.3, 0.4) is 0 Å². The molecule has 0 saturated carbocycles. The van der Waals surface area contributed by atoms with Crippen LogP contribution in [-0.2, 0) is 16.1 Å². The minimum absolute atomic E-state index is 0.155. The highest BCUT2D eigenvalue weighted by molar-refractivity contribution is 6.00. The van der Waals surface area contributed by atoms with Crippen LogP contribution in [0.15, 0.2) is 54.6 Å². The molecule has 2 amide bonds. The minimum Gasteiger partial charge on any atom is -0.507 e. The fourth-order valence-corrected chi connectivity index (χ4v) is 4.79. The van der Waals surface area contributed by atoms with Gasteiger partial charge in [-0.3, -0.25) is 19.8 Å². The average molecular weight is 473 g/mol. The van der Waals surface area contributed by atoms with Crippen molar-refractivity contribution in [1.82, 2.24) is 20.4 Å². The van der Waals surface area contributed by atoms with Gasteiger partial charge in [-0.25, -0.2) is 0 Å². The van der Waals surface area contributed by atoms with Crippen molar-refractivity contribution in [3.63, 3.8) is 0 Å². The number of nitrogens with zero attached hydrogens (tertiary/aromatic N) is 4. The predicted molar refractivity (Wildman–Crippen MR) is 133 cm³/mol. The number of hydrogen-bond donors (Lipinski definition) is 3. The summed E-state index contributed by atoms with van der Waals surface area (Å²) in [6.07, 6.45) is 0.929. The molecule has 2 aromatic carbocycles. The lowest BCUT2D eigenvalue weighted by Crippen LogP contribution is -2.46. The number of aromatic hydroxyl groups is 1. The zero-order valence-electron chi connectivity index (χ0n) is 19.4. The third kappa shape index (κ3) is 4.95. The van der Waals surface area contributed by atoms with Gasteiger partial charge in [-0.15, -0.1) is 10.2 Å². The molecule has 2 saturated heterocycles. The largest absolute Gasteiger partial charge is 0.507 e. The van der Waals surface area contributed by atoms with Gasteiger partial charge in [0.1, 0.15) is 5.75 Å². The molecule has 3 heterocycles. The van der Waals surface area contributed by atoms with E-state index in [4.69, 9.17) is 5.73 Å². The van der Waals surface area contributed by atoms with Crippen LogP contribution in [0, 0.1) is 0 Å². The summed E-state index contributed by atoms with van der Waals surface area (Å²) in [7, 11) is 0. The molecule has 9 heteroatoms. The molecule has 0 radical (unpaired) electrons. The zero-order chi connectivity index (χ0) is 24.4. The third-order valence-corrected chi connectivity index (χ3v) is 6.69. The molecule has 35 heavy (non-hydrogen) atoms. The molecule has 0 bridgehead atoms. The van der Waals surface area contributed by atoms with Crippen LogP contribution in [0.4, 0.5) is 11.5 Å². The number of hydrogen-bond acceptors (Lipinski definition) is 8. The Bertz CT molecular complexity index is 1260. The number of phenols is 1. The number of imide groups is 1. The second-order valence-electron chi connectivity index (χ2n) is 9.03. The van der Waals surface area contributed by atoms with E-state index < -0.39 is 0 Å². The van der Waals surface area contributed by atoms with Gasteiger partial charge in [0, 0.05) is 44.7 Å². The molecule has 4 N–H and O–H groups in total. The van der Waals surface area contributed by atoms with E-state index in [2.05, 4.69) is 37.4 Å². The number of phenolic OH excluding ortho intramolecular Hbond substituents is 1. The van der Waals surface area contributed by atoms with Crippen molar-refractivity contribution in [1.29, 1.82) is 0 Å². The molecular weight excluding hydrogens is 444 g/mol. The molecule has 3 aromatic rings. The van der Waals surface area contributed by atoms with Crippen LogP contribution in [0.2, 0.25) is 0 Å². The Hall–Kier alpha value is -3.98. The minimum atomic E-state index is -0.273. The van der Waals surface area contributed by atoms with E-state index in [0.717, 1.165) is 49.5 Å². The van der Waals surface area contributed by atoms with Gasteiger partial charge in [0.15, 0.2) is 5.82 Å². The lowest BCUT2D eigenvalue weighted by molar-refractivity contribution is -0.134. The summed E-state index contributed by atoms with van der Waals surface area (Å²) in [6, 6.07) is 17.0. The molecular formula is C26H28N6O3. The lowest BCUT2D eigenvalue weighted by atomic mass is 9.89. The second kappa shape index (κ2) is 9.71. The molecule has 1 aromatic heterocycles. The van der Waals surface area contributed by atoms with Crippen LogP contribution in [0.1, 0.15) is 29.9 Å². The molecule has 2 aliphatic heterocycles. The van der Waals surface area contributed by atoms with Crippen molar-refractivity contribution in [2.75, 3.05) is 36.8 Å². The van der Waals surface area contributed by atoms with E-state index in [1.165, 1.54) is 0 Å². The number of anilines is 2.